The lowest BCUT2D eigenvalue weighted by molar-refractivity contribution is -0.142. The first-order valence-corrected chi connectivity index (χ1v) is 12.9. The van der Waals surface area contributed by atoms with Crippen LogP contribution in [0.1, 0.15) is 11.1 Å². The van der Waals surface area contributed by atoms with Crippen LogP contribution in [0.15, 0.2) is 36.4 Å². The number of anilines is 2. The quantitative estimate of drug-likeness (QED) is 0.464. The number of esters is 1. The molecule has 0 aliphatic carbocycles. The van der Waals surface area contributed by atoms with E-state index in [2.05, 4.69) is 39.4 Å². The maximum atomic E-state index is 12.5. The van der Waals surface area contributed by atoms with Crippen molar-refractivity contribution >= 4 is 56.6 Å². The first-order chi connectivity index (χ1) is 17.0. The lowest BCUT2D eigenvalue weighted by Gasteiger charge is -2.35. The molecule has 0 atom stereocenters. The molecule has 0 radical (unpaired) electrons. The van der Waals surface area contributed by atoms with Crippen molar-refractivity contribution in [3.63, 3.8) is 0 Å². The van der Waals surface area contributed by atoms with Gasteiger partial charge in [0.05, 0.1) is 23.4 Å². The van der Waals surface area contributed by atoms with Crippen LogP contribution in [0.2, 0.25) is 5.02 Å². The minimum atomic E-state index is -0.403. The van der Waals surface area contributed by atoms with E-state index in [1.165, 1.54) is 15.0 Å². The largest absolute Gasteiger partial charge is 0.443 e. The molecule has 2 aliphatic rings. The number of hydrogen-bond acceptors (Lipinski definition) is 8. The highest BCUT2D eigenvalue weighted by Gasteiger charge is 2.29. The van der Waals surface area contributed by atoms with E-state index in [1.54, 1.807) is 18.6 Å². The van der Waals surface area contributed by atoms with Crippen molar-refractivity contribution in [1.82, 2.24) is 14.6 Å². The number of likely N-dealkylation sites (N-methyl/N-ethyl adjacent to an activating group) is 1. The van der Waals surface area contributed by atoms with Crippen LogP contribution in [-0.4, -0.2) is 74.2 Å². The van der Waals surface area contributed by atoms with Gasteiger partial charge >= 0.3 is 5.97 Å². The average Bonchev–Trinajstić information content (AvgIpc) is 3.42. The molecule has 1 saturated heterocycles. The van der Waals surface area contributed by atoms with Crippen LogP contribution in [0.25, 0.3) is 10.1 Å². The summed E-state index contributed by atoms with van der Waals surface area (Å²) >= 11 is 8.17. The molecule has 1 N–H and O–H groups in total. The molecule has 0 spiro atoms. The number of amides is 1. The zero-order valence-corrected chi connectivity index (χ0v) is 21.2. The van der Waals surface area contributed by atoms with Gasteiger partial charge in [0.1, 0.15) is 5.82 Å². The summed E-state index contributed by atoms with van der Waals surface area (Å²) in [6, 6.07) is 12.3. The highest BCUT2D eigenvalue weighted by molar-refractivity contribution is 7.13. The summed E-state index contributed by atoms with van der Waals surface area (Å²) in [7, 11) is 1.67. The van der Waals surface area contributed by atoms with Crippen LogP contribution in [0, 0.1) is 0 Å². The second-order valence-electron chi connectivity index (χ2n) is 8.83. The summed E-state index contributed by atoms with van der Waals surface area (Å²) in [5.41, 5.74) is 2.70. The van der Waals surface area contributed by atoms with E-state index >= 15 is 0 Å². The molecule has 2 aromatic carbocycles. The zero-order chi connectivity index (χ0) is 24.4. The smallest absolute Gasteiger partial charge is 0.321 e. The third-order valence-electron chi connectivity index (χ3n) is 6.58. The van der Waals surface area contributed by atoms with Gasteiger partial charge in [0.25, 0.3) is 0 Å². The van der Waals surface area contributed by atoms with Gasteiger partial charge in [-0.25, -0.2) is 0 Å². The van der Waals surface area contributed by atoms with Gasteiger partial charge in [-0.3, -0.25) is 19.4 Å². The molecule has 3 heterocycles. The molecule has 1 fully saturated rings. The molecule has 3 aromatic rings. The van der Waals surface area contributed by atoms with Gasteiger partial charge in [0.15, 0.2) is 6.73 Å². The molecule has 2 aliphatic heterocycles. The second kappa shape index (κ2) is 10.5. The number of halogens is 1. The number of nitrogens with one attached hydrogen (secondary N) is 1. The molecule has 1 aromatic heterocycles. The van der Waals surface area contributed by atoms with Crippen molar-refractivity contribution < 1.29 is 14.3 Å². The highest BCUT2D eigenvalue weighted by atomic mass is 35.5. The number of nitrogens with zero attached hydrogens (tertiary/aromatic N) is 4. The summed E-state index contributed by atoms with van der Waals surface area (Å²) in [5, 5.41) is 4.61. The minimum Gasteiger partial charge on any atom is -0.443 e. The molecule has 0 bridgehead atoms. The highest BCUT2D eigenvalue weighted by Crippen LogP contribution is 2.34. The predicted molar refractivity (Wildman–Crippen MR) is 140 cm³/mol. The van der Waals surface area contributed by atoms with E-state index in [0.717, 1.165) is 61.8 Å². The van der Waals surface area contributed by atoms with Gasteiger partial charge < -0.3 is 15.0 Å². The SMILES string of the molecule is CNCC(=O)OCN1C(=O)Cc2cc(CCN3CCN(c4nsc5ccccc45)CC3)c(Cl)cc21. The van der Waals surface area contributed by atoms with Crippen LogP contribution in [-0.2, 0) is 27.2 Å². The van der Waals surface area contributed by atoms with E-state index in [9.17, 15) is 9.59 Å². The summed E-state index contributed by atoms with van der Waals surface area (Å²) in [6.07, 6.45) is 1.11. The van der Waals surface area contributed by atoms with Gasteiger partial charge in [-0.1, -0.05) is 29.8 Å². The molecule has 1 amide bonds. The number of fused-ring (bicyclic) bond motifs is 2. The van der Waals surface area contributed by atoms with E-state index < -0.39 is 5.97 Å². The Bertz CT molecular complexity index is 1240. The Morgan fingerprint density at radius 3 is 2.80 bits per heavy atom. The fourth-order valence-corrected chi connectivity index (χ4v) is 5.72. The molecule has 5 rings (SSSR count). The third-order valence-corrected chi connectivity index (χ3v) is 7.75. The predicted octanol–water partition coefficient (Wildman–Crippen LogP) is 2.92. The summed E-state index contributed by atoms with van der Waals surface area (Å²) in [6.45, 7) is 4.74. The van der Waals surface area contributed by atoms with Crippen molar-refractivity contribution in [3.8, 4) is 0 Å². The summed E-state index contributed by atoms with van der Waals surface area (Å²) in [5.74, 6) is 0.605. The Hall–Kier alpha value is -2.72. The average molecular weight is 514 g/mol. The number of benzene rings is 2. The Balaban J connectivity index is 1.17. The summed E-state index contributed by atoms with van der Waals surface area (Å²) < 4.78 is 11.1. The first-order valence-electron chi connectivity index (χ1n) is 11.8. The van der Waals surface area contributed by atoms with Crippen LogP contribution >= 0.6 is 23.1 Å². The van der Waals surface area contributed by atoms with Crippen molar-refractivity contribution in [3.05, 3.63) is 52.5 Å². The Morgan fingerprint density at radius 1 is 1.20 bits per heavy atom. The zero-order valence-electron chi connectivity index (χ0n) is 19.6. The Kier molecular flexibility index (Phi) is 7.19. The van der Waals surface area contributed by atoms with Gasteiger partial charge in [0, 0.05) is 43.1 Å². The van der Waals surface area contributed by atoms with Gasteiger partial charge in [0.2, 0.25) is 5.91 Å². The van der Waals surface area contributed by atoms with Gasteiger partial charge in [-0.05, 0) is 54.3 Å². The minimum absolute atomic E-state index is 0.0869. The van der Waals surface area contributed by atoms with Crippen molar-refractivity contribution in [1.29, 1.82) is 0 Å². The number of hydrogen-bond donors (Lipinski definition) is 1. The van der Waals surface area contributed by atoms with Crippen molar-refractivity contribution in [2.45, 2.75) is 12.8 Å². The molecule has 184 valence electrons. The van der Waals surface area contributed by atoms with Crippen LogP contribution in [0.3, 0.4) is 0 Å². The van der Waals surface area contributed by atoms with Gasteiger partial charge in [-0.15, -0.1) is 0 Å². The van der Waals surface area contributed by atoms with E-state index in [-0.39, 0.29) is 19.2 Å². The molecule has 0 unspecified atom stereocenters. The van der Waals surface area contributed by atoms with Crippen LogP contribution in [0.4, 0.5) is 11.5 Å². The van der Waals surface area contributed by atoms with Crippen molar-refractivity contribution in [2.24, 2.45) is 0 Å². The van der Waals surface area contributed by atoms with Crippen molar-refractivity contribution in [2.75, 3.05) is 62.8 Å². The first kappa shape index (κ1) is 24.0. The molecule has 8 nitrogen and oxygen atoms in total. The number of rotatable bonds is 8. The second-order valence-corrected chi connectivity index (χ2v) is 10.0. The molecular formula is C25H28ClN5O3S. The van der Waals surface area contributed by atoms with Crippen LogP contribution < -0.4 is 15.1 Å². The number of aromatic nitrogens is 1. The molecular weight excluding hydrogens is 486 g/mol. The number of carbonyl (C=O) groups excluding carboxylic acids is 2. The van der Waals surface area contributed by atoms with E-state index in [0.29, 0.717) is 11.4 Å². The number of ether oxygens (including phenoxy) is 1. The standard InChI is InChI=1S/C25H28ClN5O3S/c1-27-15-24(33)34-16-31-21-14-20(26)17(12-18(21)13-23(31)32)6-7-29-8-10-30(11-9-29)25-19-4-2-3-5-22(19)35-28-25/h2-5,12,14,27H,6-11,13,15-16H2,1H3. The fourth-order valence-electron chi connectivity index (χ4n) is 4.67. The summed E-state index contributed by atoms with van der Waals surface area (Å²) in [4.78, 5) is 30.5. The molecule has 10 heteroatoms. The molecule has 35 heavy (non-hydrogen) atoms. The monoisotopic (exact) mass is 513 g/mol. The number of piperazine rings is 1. The maximum absolute atomic E-state index is 12.5. The van der Waals surface area contributed by atoms with Crippen LogP contribution in [0.5, 0.6) is 0 Å². The normalized spacial score (nSPS) is 16.2. The Labute approximate surface area is 213 Å². The number of carbonyl (C=O) groups is 2. The molecule has 0 saturated carbocycles. The lowest BCUT2D eigenvalue weighted by atomic mass is 10.1. The third kappa shape index (κ3) is 5.13. The Morgan fingerprint density at radius 2 is 2.00 bits per heavy atom. The van der Waals surface area contributed by atoms with E-state index in [4.69, 9.17) is 20.7 Å². The van der Waals surface area contributed by atoms with E-state index in [1.807, 2.05) is 12.1 Å². The fraction of sp³-hybridized carbons (Fsp3) is 0.400. The maximum Gasteiger partial charge on any atom is 0.321 e. The topological polar surface area (TPSA) is 78.0 Å². The lowest BCUT2D eigenvalue weighted by Crippen LogP contribution is -2.47. The van der Waals surface area contributed by atoms with Gasteiger partial charge in [-0.2, -0.15) is 4.37 Å².